The molecule has 4 rings (SSSR count). The summed E-state index contributed by atoms with van der Waals surface area (Å²) in [6.45, 7) is 6.93. The number of aliphatic carboxylic acids is 2. The van der Waals surface area contributed by atoms with Gasteiger partial charge in [-0.05, 0) is 73.9 Å². The Hall–Kier alpha value is -4.42. The lowest BCUT2D eigenvalue weighted by molar-refractivity contribution is -0.138. The van der Waals surface area contributed by atoms with Gasteiger partial charge in [0.2, 0.25) is 5.91 Å². The number of nitrogens with one attached hydrogen (secondary N) is 4. The van der Waals surface area contributed by atoms with Crippen LogP contribution in [0, 0.1) is 18.8 Å². The molecule has 1 fully saturated rings. The van der Waals surface area contributed by atoms with Gasteiger partial charge in [-0.15, -0.1) is 0 Å². The minimum Gasteiger partial charge on any atom is -0.481 e. The van der Waals surface area contributed by atoms with Crippen LogP contribution >= 0.6 is 0 Å². The number of amides is 2. The van der Waals surface area contributed by atoms with Crippen molar-refractivity contribution in [2.24, 2.45) is 11.8 Å². The molecule has 0 bridgehead atoms. The molecule has 2 aliphatic rings. The van der Waals surface area contributed by atoms with Gasteiger partial charge in [0.25, 0.3) is 5.91 Å². The molecule has 0 saturated carbocycles. The fourth-order valence-corrected chi connectivity index (χ4v) is 6.49. The van der Waals surface area contributed by atoms with Crippen molar-refractivity contribution in [2.75, 3.05) is 6.61 Å². The van der Waals surface area contributed by atoms with Gasteiger partial charge in [0, 0.05) is 70.5 Å². The third-order valence-corrected chi connectivity index (χ3v) is 8.98. The lowest BCUT2D eigenvalue weighted by atomic mass is 9.91. The summed E-state index contributed by atoms with van der Waals surface area (Å²) in [4.78, 5) is 54.8. The lowest BCUT2D eigenvalue weighted by Crippen LogP contribution is -2.22. The summed E-state index contributed by atoms with van der Waals surface area (Å²) >= 11 is 0. The van der Waals surface area contributed by atoms with E-state index in [9.17, 15) is 39.6 Å². The Labute approximate surface area is 261 Å². The van der Waals surface area contributed by atoms with E-state index in [1.807, 2.05) is 33.8 Å². The van der Waals surface area contributed by atoms with Crippen LogP contribution in [0.1, 0.15) is 91.5 Å². The molecule has 12 nitrogen and oxygen atoms in total. The second-order valence-corrected chi connectivity index (χ2v) is 11.6. The van der Waals surface area contributed by atoms with Crippen molar-refractivity contribution in [1.29, 1.82) is 0 Å². The SMILES string of the molecule is CCC1=C(C)/C(=C/c2[nH]c(Cc3[nH]c(/C=C4\NC(=O)[C@H](CO)[C@H]4CC)c(CO)c3CCC(=O)O)c(CCC(=O)O)c2C)NC1=O. The van der Waals surface area contributed by atoms with E-state index in [4.69, 9.17) is 0 Å². The zero-order valence-corrected chi connectivity index (χ0v) is 26.1. The Morgan fingerprint density at radius 3 is 2.00 bits per heavy atom. The molecule has 2 aromatic heterocycles. The van der Waals surface area contributed by atoms with Crippen molar-refractivity contribution in [3.8, 4) is 0 Å². The first-order valence-electron chi connectivity index (χ1n) is 15.3. The minimum absolute atomic E-state index is 0.0999. The first-order chi connectivity index (χ1) is 21.4. The molecule has 2 aromatic rings. The second kappa shape index (κ2) is 14.1. The summed E-state index contributed by atoms with van der Waals surface area (Å²) in [5.74, 6) is -3.18. The van der Waals surface area contributed by atoms with Crippen LogP contribution in [0.2, 0.25) is 0 Å². The van der Waals surface area contributed by atoms with E-state index in [-0.39, 0.29) is 63.1 Å². The van der Waals surface area contributed by atoms with E-state index in [2.05, 4.69) is 20.6 Å². The highest BCUT2D eigenvalue weighted by atomic mass is 16.4. The molecule has 0 aliphatic carbocycles. The number of aromatic nitrogens is 2. The smallest absolute Gasteiger partial charge is 0.303 e. The Morgan fingerprint density at radius 1 is 0.822 bits per heavy atom. The minimum atomic E-state index is -0.994. The molecular weight excluding hydrogens is 580 g/mol. The third-order valence-electron chi connectivity index (χ3n) is 8.98. The highest BCUT2D eigenvalue weighted by molar-refractivity contribution is 6.01. The predicted octanol–water partition coefficient (Wildman–Crippen LogP) is 3.07. The van der Waals surface area contributed by atoms with Crippen molar-refractivity contribution >= 4 is 35.9 Å². The molecule has 2 aliphatic heterocycles. The zero-order valence-electron chi connectivity index (χ0n) is 26.1. The third kappa shape index (κ3) is 6.97. The largest absolute Gasteiger partial charge is 0.481 e. The number of aliphatic hydroxyl groups is 2. The van der Waals surface area contributed by atoms with E-state index in [1.165, 1.54) is 0 Å². The summed E-state index contributed by atoms with van der Waals surface area (Å²) in [6.07, 6.45) is 5.16. The normalized spacial score (nSPS) is 20.0. The van der Waals surface area contributed by atoms with Crippen LogP contribution in [-0.4, -0.2) is 60.8 Å². The number of hydrogen-bond acceptors (Lipinski definition) is 6. The van der Waals surface area contributed by atoms with Gasteiger partial charge in [-0.2, -0.15) is 0 Å². The number of aromatic amines is 2. The molecule has 0 unspecified atom stereocenters. The number of carboxylic acid groups (broad SMARTS) is 2. The number of carbonyl (C=O) groups is 4. The number of H-pyrrole nitrogens is 2. The van der Waals surface area contributed by atoms with Gasteiger partial charge in [-0.25, -0.2) is 0 Å². The Kier molecular flexibility index (Phi) is 10.5. The van der Waals surface area contributed by atoms with Crippen LogP contribution in [0.4, 0.5) is 0 Å². The molecule has 1 saturated heterocycles. The number of aliphatic hydroxyl groups excluding tert-OH is 2. The summed E-state index contributed by atoms with van der Waals surface area (Å²) in [6, 6.07) is 0. The van der Waals surface area contributed by atoms with Crippen molar-refractivity contribution in [3.63, 3.8) is 0 Å². The number of carbonyl (C=O) groups excluding carboxylic acids is 2. The number of carboxylic acids is 2. The van der Waals surface area contributed by atoms with E-state index < -0.39 is 17.9 Å². The van der Waals surface area contributed by atoms with Gasteiger partial charge in [-0.1, -0.05) is 13.8 Å². The van der Waals surface area contributed by atoms with Crippen LogP contribution in [-0.2, 0) is 45.0 Å². The summed E-state index contributed by atoms with van der Waals surface area (Å²) < 4.78 is 0. The lowest BCUT2D eigenvalue weighted by Gasteiger charge is -2.13. The maximum atomic E-state index is 12.5. The van der Waals surface area contributed by atoms with Gasteiger partial charge in [0.15, 0.2) is 0 Å². The fourth-order valence-electron chi connectivity index (χ4n) is 6.49. The van der Waals surface area contributed by atoms with E-state index in [0.717, 1.165) is 28.1 Å². The highest BCUT2D eigenvalue weighted by Gasteiger charge is 2.37. The average Bonchev–Trinajstić information content (AvgIpc) is 3.66. The molecule has 0 radical (unpaired) electrons. The standard InChI is InChI=1S/C33H42N4O8/c1-5-18-16(3)25(36-32(18)44)11-24-17(4)20(7-9-30(40)41)27(34-24)13-28-21(8-10-31(42)43)22(14-38)29(35-28)12-26-19(6-2)23(15-39)33(45)37-26/h11-12,19,23,34-35,38-39H,5-10,13-15H2,1-4H3,(H,36,44)(H,37,45)(H,40,41)(H,42,43)/b25-11-,26-12-/t19-,23-/m1/s1. The monoisotopic (exact) mass is 622 g/mol. The van der Waals surface area contributed by atoms with E-state index in [1.54, 1.807) is 6.08 Å². The van der Waals surface area contributed by atoms with Gasteiger partial charge in [0.1, 0.15) is 0 Å². The fraction of sp³-hybridized carbons (Fsp3) is 0.455. The van der Waals surface area contributed by atoms with Gasteiger partial charge >= 0.3 is 11.9 Å². The molecule has 2 atom stereocenters. The van der Waals surface area contributed by atoms with Gasteiger partial charge < -0.3 is 41.0 Å². The maximum absolute atomic E-state index is 12.5. The van der Waals surface area contributed by atoms with Crippen LogP contribution in [0.3, 0.4) is 0 Å². The average molecular weight is 623 g/mol. The van der Waals surface area contributed by atoms with Crippen LogP contribution in [0.5, 0.6) is 0 Å². The molecule has 0 aromatic carbocycles. The molecule has 242 valence electrons. The molecule has 45 heavy (non-hydrogen) atoms. The summed E-state index contributed by atoms with van der Waals surface area (Å²) in [7, 11) is 0. The van der Waals surface area contributed by atoms with Crippen LogP contribution < -0.4 is 10.6 Å². The van der Waals surface area contributed by atoms with Crippen LogP contribution in [0.25, 0.3) is 12.2 Å². The highest BCUT2D eigenvalue weighted by Crippen LogP contribution is 2.34. The van der Waals surface area contributed by atoms with Crippen molar-refractivity contribution in [3.05, 3.63) is 67.6 Å². The van der Waals surface area contributed by atoms with Crippen molar-refractivity contribution < 1.29 is 39.6 Å². The first kappa shape index (κ1) is 33.5. The number of allylic oxidation sites excluding steroid dienone is 2. The Bertz CT molecular complexity index is 1610. The summed E-state index contributed by atoms with van der Waals surface area (Å²) in [5.41, 5.74) is 8.23. The van der Waals surface area contributed by atoms with E-state index >= 15 is 0 Å². The molecule has 2 amide bonds. The molecular formula is C33H42N4O8. The van der Waals surface area contributed by atoms with Gasteiger partial charge in [-0.3, -0.25) is 19.2 Å². The summed E-state index contributed by atoms with van der Waals surface area (Å²) in [5, 5.41) is 44.9. The molecule has 4 heterocycles. The zero-order chi connectivity index (χ0) is 33.0. The first-order valence-corrected chi connectivity index (χ1v) is 15.3. The topological polar surface area (TPSA) is 205 Å². The molecule has 0 spiro atoms. The maximum Gasteiger partial charge on any atom is 0.303 e. The predicted molar refractivity (Wildman–Crippen MR) is 167 cm³/mol. The Balaban J connectivity index is 1.81. The van der Waals surface area contributed by atoms with Crippen molar-refractivity contribution in [2.45, 2.75) is 79.2 Å². The molecule has 12 heteroatoms. The number of hydrogen-bond donors (Lipinski definition) is 8. The Morgan fingerprint density at radius 2 is 1.44 bits per heavy atom. The van der Waals surface area contributed by atoms with Crippen molar-refractivity contribution in [1.82, 2.24) is 20.6 Å². The molecule has 8 N–H and O–H groups in total. The van der Waals surface area contributed by atoms with Crippen LogP contribution in [0.15, 0.2) is 22.5 Å². The van der Waals surface area contributed by atoms with Gasteiger partial charge in [0.05, 0.1) is 19.1 Å². The van der Waals surface area contributed by atoms with E-state index in [0.29, 0.717) is 52.3 Å². The second-order valence-electron chi connectivity index (χ2n) is 11.6. The quantitative estimate of drug-likeness (QED) is 0.157. The number of rotatable bonds is 14.